The molecule has 2 heterocycles. The van der Waals surface area contributed by atoms with Gasteiger partial charge in [0.15, 0.2) is 5.96 Å². The van der Waals surface area contributed by atoms with Crippen LogP contribution in [0.3, 0.4) is 0 Å². The summed E-state index contributed by atoms with van der Waals surface area (Å²) < 4.78 is 7.03. The van der Waals surface area contributed by atoms with Crippen LogP contribution in [0.1, 0.15) is 29.6 Å². The maximum atomic E-state index is 5.30. The molecule has 0 amide bonds. The second kappa shape index (κ2) is 9.89. The summed E-state index contributed by atoms with van der Waals surface area (Å²) in [5.74, 6) is 1.63. The minimum atomic E-state index is 0. The third-order valence-corrected chi connectivity index (χ3v) is 4.51. The van der Waals surface area contributed by atoms with Gasteiger partial charge in [-0.2, -0.15) is 5.10 Å². The Labute approximate surface area is 163 Å². The standard InChI is InChI=1S/C14H23N7OS.HI/c1-10(22-5)13-19-11(8-23-13)7-20(3)14(15-2)16-6-12-17-9-18-21(12)4;/h8-10H,6-7H2,1-5H3,(H,15,16);1H. The lowest BCUT2D eigenvalue weighted by molar-refractivity contribution is 0.119. The van der Waals surface area contributed by atoms with Gasteiger partial charge in [0, 0.05) is 33.6 Å². The summed E-state index contributed by atoms with van der Waals surface area (Å²) in [5.41, 5.74) is 0.998. The van der Waals surface area contributed by atoms with E-state index in [4.69, 9.17) is 4.74 Å². The van der Waals surface area contributed by atoms with Crippen LogP contribution in [0.2, 0.25) is 0 Å². The van der Waals surface area contributed by atoms with E-state index in [-0.39, 0.29) is 30.1 Å². The second-order valence-corrected chi connectivity index (χ2v) is 6.00. The first-order valence-corrected chi connectivity index (χ1v) is 8.14. The zero-order chi connectivity index (χ0) is 16.8. The molecule has 2 aromatic rings. The number of aromatic nitrogens is 4. The third kappa shape index (κ3) is 5.38. The van der Waals surface area contributed by atoms with Gasteiger partial charge in [-0.05, 0) is 6.92 Å². The molecular formula is C14H24IN7OS. The van der Waals surface area contributed by atoms with Gasteiger partial charge in [-0.15, -0.1) is 35.3 Å². The predicted octanol–water partition coefficient (Wildman–Crippen LogP) is 1.80. The molecule has 134 valence electrons. The number of thiazole rings is 1. The number of aliphatic imine (C=N–C) groups is 1. The maximum absolute atomic E-state index is 5.30. The van der Waals surface area contributed by atoms with Crippen molar-refractivity contribution in [2.45, 2.75) is 26.1 Å². The monoisotopic (exact) mass is 465 g/mol. The van der Waals surface area contributed by atoms with E-state index in [1.165, 1.54) is 6.33 Å². The Morgan fingerprint density at radius 3 is 2.88 bits per heavy atom. The van der Waals surface area contributed by atoms with Crippen LogP contribution in [0.5, 0.6) is 0 Å². The van der Waals surface area contributed by atoms with Crippen molar-refractivity contribution >= 4 is 41.3 Å². The van der Waals surface area contributed by atoms with Gasteiger partial charge in [-0.3, -0.25) is 9.67 Å². The molecule has 8 nitrogen and oxygen atoms in total. The molecule has 0 bridgehead atoms. The van der Waals surface area contributed by atoms with Gasteiger partial charge in [0.05, 0.1) is 18.8 Å². The van der Waals surface area contributed by atoms with E-state index in [1.807, 2.05) is 25.9 Å². The number of nitrogens with one attached hydrogen (secondary N) is 1. The second-order valence-electron chi connectivity index (χ2n) is 5.11. The molecule has 2 rings (SSSR count). The molecule has 1 unspecified atom stereocenters. The van der Waals surface area contributed by atoms with E-state index in [1.54, 1.807) is 30.2 Å². The van der Waals surface area contributed by atoms with Gasteiger partial charge >= 0.3 is 0 Å². The minimum absolute atomic E-state index is 0. The maximum Gasteiger partial charge on any atom is 0.194 e. The average molecular weight is 465 g/mol. The van der Waals surface area contributed by atoms with E-state index < -0.39 is 0 Å². The van der Waals surface area contributed by atoms with Crippen LogP contribution in [0.25, 0.3) is 0 Å². The highest BCUT2D eigenvalue weighted by Gasteiger charge is 2.13. The predicted molar refractivity (Wildman–Crippen MR) is 106 cm³/mol. The number of aryl methyl sites for hydroxylation is 1. The fourth-order valence-electron chi connectivity index (χ4n) is 2.02. The Bertz CT molecular complexity index is 657. The van der Waals surface area contributed by atoms with Gasteiger partial charge < -0.3 is 15.0 Å². The summed E-state index contributed by atoms with van der Waals surface area (Å²) >= 11 is 1.61. The lowest BCUT2D eigenvalue weighted by atomic mass is 10.4. The molecule has 0 aromatic carbocycles. The van der Waals surface area contributed by atoms with Gasteiger partial charge in [-0.25, -0.2) is 9.97 Å². The topological polar surface area (TPSA) is 80.5 Å². The van der Waals surface area contributed by atoms with Crippen LogP contribution in [0.15, 0.2) is 16.7 Å². The number of methoxy groups -OCH3 is 1. The number of nitrogens with zero attached hydrogens (tertiary/aromatic N) is 6. The van der Waals surface area contributed by atoms with Crippen molar-refractivity contribution in [1.82, 2.24) is 30.0 Å². The molecule has 0 spiro atoms. The molecule has 1 N–H and O–H groups in total. The largest absolute Gasteiger partial charge is 0.375 e. The van der Waals surface area contributed by atoms with Crippen LogP contribution in [0, 0.1) is 0 Å². The van der Waals surface area contributed by atoms with E-state index in [9.17, 15) is 0 Å². The van der Waals surface area contributed by atoms with Gasteiger partial charge in [0.2, 0.25) is 0 Å². The highest BCUT2D eigenvalue weighted by Crippen LogP contribution is 2.20. The lowest BCUT2D eigenvalue weighted by Gasteiger charge is -2.21. The summed E-state index contributed by atoms with van der Waals surface area (Å²) in [5, 5.41) is 10.4. The van der Waals surface area contributed by atoms with Crippen molar-refractivity contribution in [3.8, 4) is 0 Å². The van der Waals surface area contributed by atoms with Crippen molar-refractivity contribution in [2.75, 3.05) is 21.2 Å². The zero-order valence-electron chi connectivity index (χ0n) is 14.6. The summed E-state index contributed by atoms with van der Waals surface area (Å²) in [6.07, 6.45) is 1.56. The van der Waals surface area contributed by atoms with Crippen molar-refractivity contribution in [1.29, 1.82) is 0 Å². The zero-order valence-corrected chi connectivity index (χ0v) is 17.7. The van der Waals surface area contributed by atoms with Gasteiger partial charge in [0.1, 0.15) is 23.3 Å². The normalized spacial score (nSPS) is 12.6. The Balaban J connectivity index is 0.00000288. The molecule has 0 fully saturated rings. The first-order valence-electron chi connectivity index (χ1n) is 7.27. The van der Waals surface area contributed by atoms with Crippen molar-refractivity contribution in [3.05, 3.63) is 28.2 Å². The van der Waals surface area contributed by atoms with E-state index in [0.717, 1.165) is 22.5 Å². The van der Waals surface area contributed by atoms with Gasteiger partial charge in [0.25, 0.3) is 0 Å². The van der Waals surface area contributed by atoms with Crippen molar-refractivity contribution in [3.63, 3.8) is 0 Å². The fraction of sp³-hybridized carbons (Fsp3) is 0.571. The molecule has 1 atom stereocenters. The molecule has 2 aromatic heterocycles. The Morgan fingerprint density at radius 2 is 2.29 bits per heavy atom. The molecule has 0 aliphatic carbocycles. The van der Waals surface area contributed by atoms with Crippen LogP contribution in [-0.4, -0.2) is 51.8 Å². The number of rotatable bonds is 6. The molecule has 0 saturated heterocycles. The Kier molecular flexibility index (Phi) is 8.56. The van der Waals surface area contributed by atoms with Gasteiger partial charge in [-0.1, -0.05) is 0 Å². The minimum Gasteiger partial charge on any atom is -0.375 e. The molecule has 0 aliphatic heterocycles. The molecular weight excluding hydrogens is 441 g/mol. The Morgan fingerprint density at radius 1 is 1.54 bits per heavy atom. The molecule has 0 aliphatic rings. The molecule has 24 heavy (non-hydrogen) atoms. The number of hydrogen-bond acceptors (Lipinski definition) is 6. The number of ether oxygens (including phenoxy) is 1. The summed E-state index contributed by atoms with van der Waals surface area (Å²) in [6.45, 7) is 3.23. The summed E-state index contributed by atoms with van der Waals surface area (Å²) in [4.78, 5) is 15.1. The van der Waals surface area contributed by atoms with Crippen molar-refractivity contribution in [2.24, 2.45) is 12.0 Å². The highest BCUT2D eigenvalue weighted by atomic mass is 127. The van der Waals surface area contributed by atoms with Crippen LogP contribution in [0.4, 0.5) is 0 Å². The molecule has 0 saturated carbocycles. The average Bonchev–Trinajstić information content (AvgIpc) is 3.16. The summed E-state index contributed by atoms with van der Waals surface area (Å²) in [7, 11) is 7.29. The number of halogens is 1. The molecule has 10 heteroatoms. The third-order valence-electron chi connectivity index (χ3n) is 3.45. The van der Waals surface area contributed by atoms with Crippen LogP contribution in [-0.2, 0) is 24.9 Å². The number of hydrogen-bond donors (Lipinski definition) is 1. The molecule has 0 radical (unpaired) electrons. The first-order chi connectivity index (χ1) is 11.0. The smallest absolute Gasteiger partial charge is 0.194 e. The first kappa shape index (κ1) is 20.8. The van der Waals surface area contributed by atoms with E-state index in [2.05, 4.69) is 30.8 Å². The highest BCUT2D eigenvalue weighted by molar-refractivity contribution is 14.0. The SMILES string of the molecule is CN=C(NCc1ncnn1C)N(C)Cc1csc(C(C)OC)n1.I. The number of guanidine groups is 1. The van der Waals surface area contributed by atoms with Crippen molar-refractivity contribution < 1.29 is 4.74 Å². The van der Waals surface area contributed by atoms with E-state index in [0.29, 0.717) is 13.1 Å². The summed E-state index contributed by atoms with van der Waals surface area (Å²) in [6, 6.07) is 0. The van der Waals surface area contributed by atoms with Crippen LogP contribution < -0.4 is 5.32 Å². The fourth-order valence-corrected chi connectivity index (χ4v) is 2.87. The quantitative estimate of drug-likeness (QED) is 0.398. The van der Waals surface area contributed by atoms with Crippen LogP contribution >= 0.6 is 35.3 Å². The lowest BCUT2D eigenvalue weighted by Crippen LogP contribution is -2.38. The Hall–Kier alpha value is -1.27. The van der Waals surface area contributed by atoms with E-state index >= 15 is 0 Å².